The minimum absolute atomic E-state index is 0.0109. The predicted octanol–water partition coefficient (Wildman–Crippen LogP) is 2.17. The van der Waals surface area contributed by atoms with Gasteiger partial charge in [-0.2, -0.15) is 0 Å². The van der Waals surface area contributed by atoms with Gasteiger partial charge in [0.1, 0.15) is 0 Å². The molecule has 0 aliphatic heterocycles. The van der Waals surface area contributed by atoms with Crippen molar-refractivity contribution in [2.45, 2.75) is 56.5 Å². The maximum atomic E-state index is 12.6. The molecule has 4 aliphatic carbocycles. The van der Waals surface area contributed by atoms with Crippen molar-refractivity contribution >= 4 is 5.91 Å². The number of aryl methyl sites for hydroxylation is 1. The van der Waals surface area contributed by atoms with Crippen LogP contribution in [-0.4, -0.2) is 22.0 Å². The van der Waals surface area contributed by atoms with Crippen LogP contribution < -0.4 is 11.1 Å². The van der Waals surface area contributed by atoms with E-state index < -0.39 is 0 Å². The van der Waals surface area contributed by atoms with Gasteiger partial charge in [0.05, 0.1) is 5.56 Å². The Balaban J connectivity index is 1.58. The molecule has 0 radical (unpaired) electrons. The number of carbonyl (C=O) groups is 1. The van der Waals surface area contributed by atoms with Gasteiger partial charge in [-0.05, 0) is 68.9 Å². The molecule has 21 heavy (non-hydrogen) atoms. The molecular weight excluding hydrogens is 262 g/mol. The second-order valence-corrected chi connectivity index (χ2v) is 7.81. The van der Waals surface area contributed by atoms with Crippen LogP contribution in [0.3, 0.4) is 0 Å². The number of aromatic nitrogens is 1. The van der Waals surface area contributed by atoms with Gasteiger partial charge in [-0.15, -0.1) is 0 Å². The van der Waals surface area contributed by atoms with E-state index in [1.165, 1.54) is 6.42 Å². The molecule has 1 amide bonds. The van der Waals surface area contributed by atoms with Gasteiger partial charge in [-0.3, -0.25) is 9.78 Å². The molecule has 4 nitrogen and oxygen atoms in total. The fourth-order valence-electron chi connectivity index (χ4n) is 5.47. The van der Waals surface area contributed by atoms with Gasteiger partial charge in [0, 0.05) is 23.5 Å². The van der Waals surface area contributed by atoms with E-state index in [-0.39, 0.29) is 17.0 Å². The number of nitrogens with two attached hydrogens (primary N) is 1. The van der Waals surface area contributed by atoms with Gasteiger partial charge in [-0.1, -0.05) is 0 Å². The third-order valence-corrected chi connectivity index (χ3v) is 5.62. The zero-order valence-electron chi connectivity index (χ0n) is 12.6. The molecule has 2 unspecified atom stereocenters. The molecule has 3 N–H and O–H groups in total. The molecule has 112 valence electrons. The molecule has 4 fully saturated rings. The summed E-state index contributed by atoms with van der Waals surface area (Å²) in [6.45, 7) is 1.96. The van der Waals surface area contributed by atoms with E-state index in [0.29, 0.717) is 17.4 Å². The van der Waals surface area contributed by atoms with Crippen LogP contribution in [0.4, 0.5) is 0 Å². The van der Waals surface area contributed by atoms with Gasteiger partial charge < -0.3 is 11.1 Å². The van der Waals surface area contributed by atoms with Crippen molar-refractivity contribution in [1.29, 1.82) is 0 Å². The van der Waals surface area contributed by atoms with E-state index >= 15 is 0 Å². The number of nitrogens with zero attached hydrogens (tertiary/aromatic N) is 1. The summed E-state index contributed by atoms with van der Waals surface area (Å²) in [7, 11) is 0. The summed E-state index contributed by atoms with van der Waals surface area (Å²) in [5.41, 5.74) is 8.15. The second-order valence-electron chi connectivity index (χ2n) is 7.81. The Hall–Kier alpha value is -1.42. The van der Waals surface area contributed by atoms with Gasteiger partial charge >= 0.3 is 0 Å². The summed E-state index contributed by atoms with van der Waals surface area (Å²) in [4.78, 5) is 16.7. The highest BCUT2D eigenvalue weighted by Crippen LogP contribution is 2.56. The molecule has 0 spiro atoms. The lowest BCUT2D eigenvalue weighted by Gasteiger charge is -2.61. The molecule has 0 saturated heterocycles. The number of hydrogen-bond acceptors (Lipinski definition) is 3. The third-order valence-electron chi connectivity index (χ3n) is 5.62. The first-order valence-corrected chi connectivity index (χ1v) is 7.98. The van der Waals surface area contributed by atoms with E-state index in [0.717, 1.165) is 37.7 Å². The van der Waals surface area contributed by atoms with Crippen LogP contribution in [-0.2, 0) is 0 Å². The van der Waals surface area contributed by atoms with Crippen LogP contribution in [0, 0.1) is 18.8 Å². The Kier molecular flexibility index (Phi) is 2.71. The first-order valence-electron chi connectivity index (χ1n) is 7.98. The number of nitrogens with one attached hydrogen (secondary N) is 1. The van der Waals surface area contributed by atoms with Crippen molar-refractivity contribution in [2.75, 3.05) is 0 Å². The number of rotatable bonds is 2. The maximum Gasteiger partial charge on any atom is 0.253 e. The number of amides is 1. The lowest BCUT2D eigenvalue weighted by atomic mass is 9.50. The molecular formula is C17H23N3O. The molecule has 1 aromatic heterocycles. The molecule has 4 heteroatoms. The molecule has 0 aromatic carbocycles. The summed E-state index contributed by atoms with van der Waals surface area (Å²) in [6, 6.07) is 1.90. The molecule has 2 atom stereocenters. The number of carbonyl (C=O) groups excluding carboxylic acids is 1. The average molecular weight is 285 g/mol. The Morgan fingerprint density at radius 2 is 2.00 bits per heavy atom. The minimum atomic E-state index is -0.0698. The Labute approximate surface area is 125 Å². The molecule has 1 aromatic rings. The van der Waals surface area contributed by atoms with E-state index in [1.54, 1.807) is 12.4 Å². The topological polar surface area (TPSA) is 68.0 Å². The van der Waals surface area contributed by atoms with Crippen LogP contribution in [0.2, 0.25) is 0 Å². The smallest absolute Gasteiger partial charge is 0.253 e. The normalized spacial score (nSPS) is 40.3. The zero-order valence-corrected chi connectivity index (χ0v) is 12.6. The van der Waals surface area contributed by atoms with Gasteiger partial charge in [-0.25, -0.2) is 0 Å². The highest BCUT2D eigenvalue weighted by atomic mass is 16.1. The van der Waals surface area contributed by atoms with Gasteiger partial charge in [0.2, 0.25) is 0 Å². The van der Waals surface area contributed by atoms with Crippen molar-refractivity contribution in [3.8, 4) is 0 Å². The first kappa shape index (κ1) is 13.3. The van der Waals surface area contributed by atoms with Gasteiger partial charge in [0.15, 0.2) is 0 Å². The second kappa shape index (κ2) is 4.29. The SMILES string of the molecule is Cc1cncc(C(=O)NC23CC4CC(CC(N)(C4)C2)C3)c1. The molecule has 4 saturated carbocycles. The summed E-state index contributed by atoms with van der Waals surface area (Å²) in [5.74, 6) is 1.41. The van der Waals surface area contributed by atoms with Crippen LogP contribution in [0.15, 0.2) is 18.5 Å². The average Bonchev–Trinajstić information content (AvgIpc) is 2.34. The number of pyridine rings is 1. The Morgan fingerprint density at radius 3 is 2.62 bits per heavy atom. The van der Waals surface area contributed by atoms with Gasteiger partial charge in [0.25, 0.3) is 5.91 Å². The third kappa shape index (κ3) is 2.26. The number of hydrogen-bond donors (Lipinski definition) is 2. The van der Waals surface area contributed by atoms with Crippen LogP contribution in [0.25, 0.3) is 0 Å². The lowest BCUT2D eigenvalue weighted by Crippen LogP contribution is -2.68. The Bertz CT molecular complexity index is 583. The van der Waals surface area contributed by atoms with Crippen molar-refractivity contribution in [1.82, 2.24) is 10.3 Å². The predicted molar refractivity (Wildman–Crippen MR) is 80.8 cm³/mol. The quantitative estimate of drug-likeness (QED) is 0.875. The summed E-state index contributed by atoms with van der Waals surface area (Å²) in [6.07, 6.45) is 10.2. The van der Waals surface area contributed by atoms with E-state index in [9.17, 15) is 4.79 Å². The first-order chi connectivity index (χ1) is 9.95. The van der Waals surface area contributed by atoms with E-state index in [1.807, 2.05) is 13.0 Å². The van der Waals surface area contributed by atoms with Crippen molar-refractivity contribution < 1.29 is 4.79 Å². The van der Waals surface area contributed by atoms with Crippen LogP contribution in [0.5, 0.6) is 0 Å². The highest BCUT2D eigenvalue weighted by Gasteiger charge is 2.56. The summed E-state index contributed by atoms with van der Waals surface area (Å²) < 4.78 is 0. The van der Waals surface area contributed by atoms with E-state index in [4.69, 9.17) is 5.73 Å². The van der Waals surface area contributed by atoms with Crippen LogP contribution >= 0.6 is 0 Å². The molecule has 4 aliphatic rings. The molecule has 4 bridgehead atoms. The largest absolute Gasteiger partial charge is 0.346 e. The monoisotopic (exact) mass is 285 g/mol. The minimum Gasteiger partial charge on any atom is -0.346 e. The summed E-state index contributed by atoms with van der Waals surface area (Å²) >= 11 is 0. The van der Waals surface area contributed by atoms with Crippen LogP contribution in [0.1, 0.15) is 54.4 Å². The lowest BCUT2D eigenvalue weighted by molar-refractivity contribution is -0.0321. The molecule has 1 heterocycles. The van der Waals surface area contributed by atoms with Crippen molar-refractivity contribution in [2.24, 2.45) is 17.6 Å². The maximum absolute atomic E-state index is 12.6. The van der Waals surface area contributed by atoms with Crippen molar-refractivity contribution in [3.63, 3.8) is 0 Å². The highest BCUT2D eigenvalue weighted by molar-refractivity contribution is 5.94. The summed E-state index contributed by atoms with van der Waals surface area (Å²) in [5, 5.41) is 3.33. The van der Waals surface area contributed by atoms with Crippen molar-refractivity contribution in [3.05, 3.63) is 29.6 Å². The Morgan fingerprint density at radius 1 is 1.29 bits per heavy atom. The standard InChI is InChI=1S/C17H23N3O/c1-11-2-14(9-19-8-11)15(21)20-17-6-12-3-13(7-17)5-16(18,4-12)10-17/h2,8-9,12-13H,3-7,10,18H2,1H3,(H,20,21). The zero-order chi connectivity index (χ0) is 14.7. The molecule has 5 rings (SSSR count). The van der Waals surface area contributed by atoms with E-state index in [2.05, 4.69) is 10.3 Å². The fraction of sp³-hybridized carbons (Fsp3) is 0.647. The fourth-order valence-corrected chi connectivity index (χ4v) is 5.47.